The van der Waals surface area contributed by atoms with Crippen molar-refractivity contribution in [2.24, 2.45) is 5.92 Å². The summed E-state index contributed by atoms with van der Waals surface area (Å²) >= 11 is 1.45. The second-order valence-corrected chi connectivity index (χ2v) is 11.0. The molecule has 0 atom stereocenters. The van der Waals surface area contributed by atoms with Crippen LogP contribution in [0.1, 0.15) is 36.9 Å². The predicted octanol–water partition coefficient (Wildman–Crippen LogP) is 7.08. The van der Waals surface area contributed by atoms with E-state index in [-0.39, 0.29) is 17.6 Å². The van der Waals surface area contributed by atoms with Crippen molar-refractivity contribution >= 4 is 50.5 Å². The van der Waals surface area contributed by atoms with Gasteiger partial charge < -0.3 is 10.3 Å². The zero-order valence-electron chi connectivity index (χ0n) is 21.7. The number of pyridine rings is 2. The highest BCUT2D eigenvalue weighted by Gasteiger charge is 2.17. The maximum Gasteiger partial charge on any atom is 0.224 e. The molecule has 0 radical (unpaired) electrons. The quantitative estimate of drug-likeness (QED) is 0.189. The lowest BCUT2D eigenvalue weighted by Crippen LogP contribution is -2.13. The number of benzene rings is 1. The molecule has 39 heavy (non-hydrogen) atoms. The van der Waals surface area contributed by atoms with Gasteiger partial charge in [-0.05, 0) is 60.9 Å². The molecule has 5 heterocycles. The summed E-state index contributed by atoms with van der Waals surface area (Å²) in [6.45, 7) is 5.61. The zero-order valence-corrected chi connectivity index (χ0v) is 22.5. The van der Waals surface area contributed by atoms with Gasteiger partial charge in [-0.3, -0.25) is 24.7 Å². The van der Waals surface area contributed by atoms with Crippen LogP contribution in [0.2, 0.25) is 0 Å². The normalized spacial score (nSPS) is 11.5. The molecule has 0 bridgehead atoms. The average Bonchev–Trinajstić information content (AvgIpc) is 3.65. The topological polar surface area (TPSA) is 116 Å². The fourth-order valence-corrected chi connectivity index (χ4v) is 5.59. The van der Waals surface area contributed by atoms with E-state index >= 15 is 0 Å². The number of carbonyl (C=O) groups excluding carboxylic acids is 2. The lowest BCUT2D eigenvalue weighted by atomic mass is 10.0. The Labute approximate surface area is 228 Å². The second kappa shape index (κ2) is 9.92. The molecule has 1 amide bonds. The van der Waals surface area contributed by atoms with Crippen LogP contribution in [-0.4, -0.2) is 36.8 Å². The fraction of sp³-hybridized carbons (Fsp3) is 0.167. The number of rotatable bonds is 7. The minimum atomic E-state index is -0.0238. The first-order valence-electron chi connectivity index (χ1n) is 12.7. The van der Waals surface area contributed by atoms with Crippen molar-refractivity contribution < 1.29 is 9.59 Å². The van der Waals surface area contributed by atoms with Crippen molar-refractivity contribution in [3.8, 4) is 33.1 Å². The van der Waals surface area contributed by atoms with Gasteiger partial charge in [0.25, 0.3) is 0 Å². The highest BCUT2D eigenvalue weighted by atomic mass is 32.1. The lowest BCUT2D eigenvalue weighted by Gasteiger charge is -2.09. The van der Waals surface area contributed by atoms with E-state index in [4.69, 9.17) is 0 Å². The molecule has 0 aliphatic carbocycles. The van der Waals surface area contributed by atoms with E-state index in [1.54, 1.807) is 25.5 Å². The van der Waals surface area contributed by atoms with Crippen molar-refractivity contribution in [1.29, 1.82) is 0 Å². The van der Waals surface area contributed by atoms with E-state index in [2.05, 4.69) is 42.6 Å². The summed E-state index contributed by atoms with van der Waals surface area (Å²) in [6, 6.07) is 15.8. The molecular formula is C30H26N6O2S. The van der Waals surface area contributed by atoms with Crippen molar-refractivity contribution in [1.82, 2.24) is 25.1 Å². The number of thiophene rings is 1. The zero-order chi connectivity index (χ0) is 27.1. The average molecular weight is 535 g/mol. The molecule has 3 N–H and O–H groups in total. The standard InChI is InChI=1S/C30H26N6O2S/c1-16(2)10-28(38)33-20-11-19(14-31-15-20)18-4-5-24-21(12-18)29(36-35-24)25-13-22-23(34-25)8-9-32-30(22)27-7-6-26(39-27)17(3)37/h4-9,11-16,34H,10H2,1-3H3,(H,33,38)(H,35,36). The molecule has 6 rings (SSSR count). The molecule has 0 saturated carbocycles. The maximum atomic E-state index is 12.3. The van der Waals surface area contributed by atoms with Crippen molar-refractivity contribution in [3.05, 3.63) is 72.0 Å². The van der Waals surface area contributed by atoms with E-state index in [1.807, 2.05) is 50.2 Å². The highest BCUT2D eigenvalue weighted by molar-refractivity contribution is 7.17. The number of ketones is 1. The summed E-state index contributed by atoms with van der Waals surface area (Å²) in [5.41, 5.74) is 6.86. The summed E-state index contributed by atoms with van der Waals surface area (Å²) < 4.78 is 0. The Morgan fingerprint density at radius 3 is 2.59 bits per heavy atom. The number of anilines is 1. The van der Waals surface area contributed by atoms with Crippen LogP contribution in [0, 0.1) is 5.92 Å². The van der Waals surface area contributed by atoms with E-state index in [0.717, 1.165) is 54.9 Å². The number of carbonyl (C=O) groups is 2. The molecule has 0 spiro atoms. The van der Waals surface area contributed by atoms with Crippen LogP contribution in [0.5, 0.6) is 0 Å². The predicted molar refractivity (Wildman–Crippen MR) is 156 cm³/mol. The van der Waals surface area contributed by atoms with Crippen molar-refractivity contribution in [3.63, 3.8) is 0 Å². The maximum absolute atomic E-state index is 12.3. The van der Waals surface area contributed by atoms with Crippen LogP contribution in [0.3, 0.4) is 0 Å². The van der Waals surface area contributed by atoms with Gasteiger partial charge in [-0.1, -0.05) is 19.9 Å². The van der Waals surface area contributed by atoms with Crippen molar-refractivity contribution in [2.75, 3.05) is 5.32 Å². The van der Waals surface area contributed by atoms with Gasteiger partial charge in [0, 0.05) is 40.7 Å². The van der Waals surface area contributed by atoms with Crippen LogP contribution >= 0.6 is 11.3 Å². The number of hydrogen-bond acceptors (Lipinski definition) is 6. The Morgan fingerprint density at radius 2 is 1.79 bits per heavy atom. The molecular weight excluding hydrogens is 508 g/mol. The molecule has 0 unspecified atom stereocenters. The molecule has 0 fully saturated rings. The fourth-order valence-electron chi connectivity index (χ4n) is 4.68. The number of amides is 1. The Balaban J connectivity index is 1.37. The van der Waals surface area contributed by atoms with Gasteiger partial charge in [-0.2, -0.15) is 5.10 Å². The number of nitrogens with one attached hydrogen (secondary N) is 3. The third-order valence-electron chi connectivity index (χ3n) is 6.50. The first-order chi connectivity index (χ1) is 18.9. The van der Waals surface area contributed by atoms with Crippen molar-refractivity contribution in [2.45, 2.75) is 27.2 Å². The van der Waals surface area contributed by atoms with Gasteiger partial charge >= 0.3 is 0 Å². The van der Waals surface area contributed by atoms with E-state index in [0.29, 0.717) is 17.0 Å². The molecule has 8 nitrogen and oxygen atoms in total. The number of fused-ring (bicyclic) bond motifs is 2. The van der Waals surface area contributed by atoms with Crippen LogP contribution in [0.4, 0.5) is 5.69 Å². The molecule has 9 heteroatoms. The first kappa shape index (κ1) is 24.7. The summed E-state index contributed by atoms with van der Waals surface area (Å²) in [6.07, 6.45) is 5.68. The third-order valence-corrected chi connectivity index (χ3v) is 7.69. The number of hydrogen-bond donors (Lipinski definition) is 3. The molecule has 0 aliphatic heterocycles. The van der Waals surface area contributed by atoms with Gasteiger partial charge in [-0.15, -0.1) is 11.3 Å². The van der Waals surface area contributed by atoms with E-state index in [9.17, 15) is 9.59 Å². The van der Waals surface area contributed by atoms with Crippen LogP contribution in [0.15, 0.2) is 67.1 Å². The Bertz CT molecular complexity index is 1860. The van der Waals surface area contributed by atoms with E-state index in [1.165, 1.54) is 11.3 Å². The number of aromatic amines is 2. The Hall–Kier alpha value is -4.63. The second-order valence-electron chi connectivity index (χ2n) is 9.96. The van der Waals surface area contributed by atoms with Gasteiger partial charge in [0.2, 0.25) is 5.91 Å². The smallest absolute Gasteiger partial charge is 0.224 e. The minimum Gasteiger partial charge on any atom is -0.353 e. The summed E-state index contributed by atoms with van der Waals surface area (Å²) in [4.78, 5) is 38.2. The molecule has 6 aromatic rings. The first-order valence-corrected chi connectivity index (χ1v) is 13.5. The SMILES string of the molecule is CC(=O)c1ccc(-c2nccc3[nH]c(-c4n[nH]c5ccc(-c6cncc(NC(=O)CC(C)C)c6)cc45)cc23)s1. The number of Topliss-reactive ketones (excluding diaryl/α,β-unsaturated/α-hetero) is 1. The van der Waals surface area contributed by atoms with Gasteiger partial charge in [0.15, 0.2) is 5.78 Å². The molecule has 1 aromatic carbocycles. The summed E-state index contributed by atoms with van der Waals surface area (Å²) in [5, 5.41) is 12.6. The van der Waals surface area contributed by atoms with Gasteiger partial charge in [0.1, 0.15) is 5.69 Å². The summed E-state index contributed by atoms with van der Waals surface area (Å²) in [7, 11) is 0. The Morgan fingerprint density at radius 1 is 0.949 bits per heavy atom. The minimum absolute atomic E-state index is 0.0238. The molecule has 194 valence electrons. The highest BCUT2D eigenvalue weighted by Crippen LogP contribution is 2.36. The molecule has 5 aromatic heterocycles. The van der Waals surface area contributed by atoms with Crippen LogP contribution in [0.25, 0.3) is 54.9 Å². The number of H-pyrrole nitrogens is 2. The summed E-state index contributed by atoms with van der Waals surface area (Å²) in [5.74, 6) is 0.304. The largest absolute Gasteiger partial charge is 0.353 e. The van der Waals surface area contributed by atoms with Gasteiger partial charge in [-0.25, -0.2) is 0 Å². The number of nitrogens with zero attached hydrogens (tertiary/aromatic N) is 3. The van der Waals surface area contributed by atoms with Gasteiger partial charge in [0.05, 0.1) is 38.5 Å². The molecule has 0 saturated heterocycles. The lowest BCUT2D eigenvalue weighted by molar-refractivity contribution is -0.116. The number of aromatic nitrogens is 5. The van der Waals surface area contributed by atoms with E-state index < -0.39 is 0 Å². The molecule has 0 aliphatic rings. The van der Waals surface area contributed by atoms with Crippen LogP contribution < -0.4 is 5.32 Å². The van der Waals surface area contributed by atoms with Crippen LogP contribution in [-0.2, 0) is 4.79 Å². The third kappa shape index (κ3) is 4.84. The monoisotopic (exact) mass is 534 g/mol. The Kier molecular flexibility index (Phi) is 6.28.